The van der Waals surface area contributed by atoms with Gasteiger partial charge in [-0.05, 0) is 29.4 Å². The first-order chi connectivity index (χ1) is 9.51. The quantitative estimate of drug-likeness (QED) is 0.517. The molecule has 114 valence electrons. The van der Waals surface area contributed by atoms with Gasteiger partial charge < -0.3 is 4.74 Å². The molecule has 1 rings (SSSR count). The molecule has 0 spiro atoms. The van der Waals surface area contributed by atoms with Crippen molar-refractivity contribution in [2.24, 2.45) is 5.92 Å². The lowest BCUT2D eigenvalue weighted by Gasteiger charge is -2.22. The Morgan fingerprint density at radius 2 is 1.60 bits per heavy atom. The largest absolute Gasteiger partial charge is 0.493 e. The summed E-state index contributed by atoms with van der Waals surface area (Å²) in [7, 11) is 0. The zero-order chi connectivity index (χ0) is 15.1. The van der Waals surface area contributed by atoms with Crippen molar-refractivity contribution < 1.29 is 4.74 Å². The average Bonchev–Trinajstić information content (AvgIpc) is 2.42. The minimum absolute atomic E-state index is 0.497. The summed E-state index contributed by atoms with van der Waals surface area (Å²) in [5.41, 5.74) is 2.67. The van der Waals surface area contributed by atoms with Gasteiger partial charge in [-0.3, -0.25) is 0 Å². The van der Waals surface area contributed by atoms with Crippen LogP contribution in [0.4, 0.5) is 0 Å². The third-order valence-corrected chi connectivity index (χ3v) is 4.61. The van der Waals surface area contributed by atoms with Gasteiger partial charge in [0, 0.05) is 11.2 Å². The predicted octanol–water partition coefficient (Wildman–Crippen LogP) is 6.12. The summed E-state index contributed by atoms with van der Waals surface area (Å²) in [5.74, 6) is 2.72. The molecule has 0 aliphatic heterocycles. The number of hydrogen-bond acceptors (Lipinski definition) is 1. The first-order valence-corrected chi connectivity index (χ1v) is 8.94. The fourth-order valence-electron chi connectivity index (χ4n) is 2.46. The molecule has 1 nitrogen and oxygen atoms in total. The first-order valence-electron chi connectivity index (χ1n) is 7.82. The van der Waals surface area contributed by atoms with Crippen LogP contribution in [0.15, 0.2) is 18.2 Å². The fourth-order valence-corrected chi connectivity index (χ4v) is 2.97. The van der Waals surface area contributed by atoms with E-state index in [1.807, 2.05) is 0 Å². The van der Waals surface area contributed by atoms with Crippen LogP contribution in [0.25, 0.3) is 0 Å². The number of rotatable bonds is 8. The smallest absolute Gasteiger partial charge is 0.126 e. The van der Waals surface area contributed by atoms with E-state index in [0.29, 0.717) is 17.8 Å². The summed E-state index contributed by atoms with van der Waals surface area (Å²) in [5, 5.41) is 1.02. The third-order valence-electron chi connectivity index (χ3n) is 3.70. The Morgan fingerprint density at radius 1 is 1.05 bits per heavy atom. The highest BCUT2D eigenvalue weighted by atomic mass is 79.9. The molecule has 0 aliphatic carbocycles. The van der Waals surface area contributed by atoms with Gasteiger partial charge in [0.15, 0.2) is 0 Å². The second-order valence-corrected chi connectivity index (χ2v) is 6.84. The molecule has 0 bridgehead atoms. The lowest BCUT2D eigenvalue weighted by Crippen LogP contribution is -2.15. The number of para-hydroxylation sites is 1. The van der Waals surface area contributed by atoms with Crippen molar-refractivity contribution in [3.8, 4) is 5.75 Å². The van der Waals surface area contributed by atoms with E-state index in [1.54, 1.807) is 0 Å². The highest BCUT2D eigenvalue weighted by Gasteiger charge is 2.16. The van der Waals surface area contributed by atoms with Gasteiger partial charge in [0.05, 0.1) is 6.61 Å². The van der Waals surface area contributed by atoms with Crippen LogP contribution in [0, 0.1) is 5.92 Å². The van der Waals surface area contributed by atoms with Crippen molar-refractivity contribution in [2.45, 2.75) is 59.3 Å². The molecule has 0 saturated heterocycles. The Morgan fingerprint density at radius 3 is 2.00 bits per heavy atom. The molecule has 0 amide bonds. The van der Waals surface area contributed by atoms with Crippen molar-refractivity contribution in [1.29, 1.82) is 0 Å². The van der Waals surface area contributed by atoms with Gasteiger partial charge in [0.2, 0.25) is 0 Å². The topological polar surface area (TPSA) is 9.23 Å². The second kappa shape index (κ2) is 8.71. The summed E-state index contributed by atoms with van der Waals surface area (Å²) in [6, 6.07) is 6.56. The standard InChI is InChI=1S/C18H29BrO/c1-6-8-15(11-19)12-20-18-16(13(2)3)9-7-10-17(18)14(4)5/h7,9-10,13-15H,6,8,11-12H2,1-5H3. The highest BCUT2D eigenvalue weighted by molar-refractivity contribution is 9.09. The van der Waals surface area contributed by atoms with Crippen molar-refractivity contribution in [2.75, 3.05) is 11.9 Å². The third kappa shape index (κ3) is 4.80. The predicted molar refractivity (Wildman–Crippen MR) is 92.3 cm³/mol. The van der Waals surface area contributed by atoms with E-state index in [4.69, 9.17) is 4.74 Å². The van der Waals surface area contributed by atoms with Crippen LogP contribution in [-0.4, -0.2) is 11.9 Å². The first kappa shape index (κ1) is 17.6. The van der Waals surface area contributed by atoms with Crippen LogP contribution in [-0.2, 0) is 0 Å². The van der Waals surface area contributed by atoms with Crippen molar-refractivity contribution in [3.63, 3.8) is 0 Å². The van der Waals surface area contributed by atoms with E-state index in [2.05, 4.69) is 68.7 Å². The molecule has 20 heavy (non-hydrogen) atoms. The van der Waals surface area contributed by atoms with Gasteiger partial charge in [-0.1, -0.05) is 75.2 Å². The van der Waals surface area contributed by atoms with Crippen molar-refractivity contribution in [1.82, 2.24) is 0 Å². The van der Waals surface area contributed by atoms with Gasteiger partial charge in [0.25, 0.3) is 0 Å². The maximum atomic E-state index is 6.27. The van der Waals surface area contributed by atoms with Gasteiger partial charge in [0.1, 0.15) is 5.75 Å². The molecule has 1 aromatic carbocycles. The zero-order valence-corrected chi connectivity index (χ0v) is 15.2. The molecular weight excluding hydrogens is 312 g/mol. The normalized spacial score (nSPS) is 13.0. The van der Waals surface area contributed by atoms with Crippen molar-refractivity contribution in [3.05, 3.63) is 29.3 Å². The maximum Gasteiger partial charge on any atom is 0.126 e. The zero-order valence-electron chi connectivity index (χ0n) is 13.6. The molecule has 0 N–H and O–H groups in total. The number of benzene rings is 1. The Bertz CT molecular complexity index is 372. The Hall–Kier alpha value is -0.500. The van der Waals surface area contributed by atoms with Crippen LogP contribution in [0.5, 0.6) is 5.75 Å². The number of ether oxygens (including phenoxy) is 1. The lowest BCUT2D eigenvalue weighted by molar-refractivity contribution is 0.249. The van der Waals surface area contributed by atoms with E-state index in [0.717, 1.165) is 17.7 Å². The van der Waals surface area contributed by atoms with E-state index in [-0.39, 0.29) is 0 Å². The van der Waals surface area contributed by atoms with Crippen LogP contribution in [0.2, 0.25) is 0 Å². The molecule has 2 heteroatoms. The molecule has 1 atom stereocenters. The maximum absolute atomic E-state index is 6.27. The summed E-state index contributed by atoms with van der Waals surface area (Å²) >= 11 is 3.61. The minimum Gasteiger partial charge on any atom is -0.493 e. The molecule has 0 heterocycles. The van der Waals surface area contributed by atoms with E-state index < -0.39 is 0 Å². The van der Waals surface area contributed by atoms with Crippen molar-refractivity contribution >= 4 is 15.9 Å². The second-order valence-electron chi connectivity index (χ2n) is 6.20. The van der Waals surface area contributed by atoms with E-state index >= 15 is 0 Å². The van der Waals surface area contributed by atoms with Gasteiger partial charge >= 0.3 is 0 Å². The number of halogens is 1. The van der Waals surface area contributed by atoms with E-state index in [9.17, 15) is 0 Å². The summed E-state index contributed by atoms with van der Waals surface area (Å²) in [4.78, 5) is 0. The SMILES string of the molecule is CCCC(CBr)COc1c(C(C)C)cccc1C(C)C. The van der Waals surface area contributed by atoms with Crippen LogP contribution in [0.3, 0.4) is 0 Å². The Kier molecular flexibility index (Phi) is 7.65. The Labute approximate surface area is 133 Å². The summed E-state index contributed by atoms with van der Waals surface area (Å²) in [6.45, 7) is 12.0. The summed E-state index contributed by atoms with van der Waals surface area (Å²) in [6.07, 6.45) is 2.43. The van der Waals surface area contributed by atoms with E-state index in [1.165, 1.54) is 24.0 Å². The fraction of sp³-hybridized carbons (Fsp3) is 0.667. The highest BCUT2D eigenvalue weighted by Crippen LogP contribution is 2.34. The van der Waals surface area contributed by atoms with Crippen LogP contribution < -0.4 is 4.74 Å². The monoisotopic (exact) mass is 340 g/mol. The van der Waals surface area contributed by atoms with Crippen LogP contribution in [0.1, 0.15) is 70.4 Å². The molecule has 0 aromatic heterocycles. The molecule has 0 radical (unpaired) electrons. The van der Waals surface area contributed by atoms with Crippen LogP contribution >= 0.6 is 15.9 Å². The minimum atomic E-state index is 0.497. The van der Waals surface area contributed by atoms with Gasteiger partial charge in [-0.15, -0.1) is 0 Å². The molecular formula is C18H29BrO. The van der Waals surface area contributed by atoms with Gasteiger partial charge in [-0.2, -0.15) is 0 Å². The molecule has 0 aliphatic rings. The molecule has 0 fully saturated rings. The average molecular weight is 341 g/mol. The lowest BCUT2D eigenvalue weighted by atomic mass is 9.94. The number of hydrogen-bond donors (Lipinski definition) is 0. The molecule has 1 aromatic rings. The van der Waals surface area contributed by atoms with Gasteiger partial charge in [-0.25, -0.2) is 0 Å². The summed E-state index contributed by atoms with van der Waals surface area (Å²) < 4.78 is 6.27. The number of alkyl halides is 1. The molecule has 1 unspecified atom stereocenters. The Balaban J connectivity index is 2.95. The molecule has 0 saturated carbocycles.